The van der Waals surface area contributed by atoms with E-state index in [9.17, 15) is 9.59 Å². The summed E-state index contributed by atoms with van der Waals surface area (Å²) in [7, 11) is 0. The van der Waals surface area contributed by atoms with E-state index in [1.165, 1.54) is 19.3 Å². The summed E-state index contributed by atoms with van der Waals surface area (Å²) in [6.07, 6.45) is 4.07. The van der Waals surface area contributed by atoms with E-state index in [0.717, 1.165) is 23.7 Å². The third kappa shape index (κ3) is 1.68. The number of carboxylic acid groups (broad SMARTS) is 1. The van der Waals surface area contributed by atoms with Crippen LogP contribution in [-0.4, -0.2) is 41.1 Å². The molecule has 20 heavy (non-hydrogen) atoms. The Labute approximate surface area is 118 Å². The number of urea groups is 1. The summed E-state index contributed by atoms with van der Waals surface area (Å²) in [6.45, 7) is 2.84. The van der Waals surface area contributed by atoms with Crippen LogP contribution in [0.15, 0.2) is 0 Å². The zero-order chi connectivity index (χ0) is 14.0. The van der Waals surface area contributed by atoms with Crippen LogP contribution in [0, 0.1) is 35.5 Å². The molecule has 4 aliphatic rings. The Morgan fingerprint density at radius 2 is 1.80 bits per heavy atom. The average molecular weight is 278 g/mol. The van der Waals surface area contributed by atoms with Crippen molar-refractivity contribution in [1.29, 1.82) is 0 Å². The lowest BCUT2D eigenvalue weighted by Crippen LogP contribution is -2.41. The molecule has 5 nitrogen and oxygen atoms in total. The molecular weight excluding hydrogens is 256 g/mol. The highest BCUT2D eigenvalue weighted by Gasteiger charge is 2.65. The maximum absolute atomic E-state index is 12.3. The van der Waals surface area contributed by atoms with Gasteiger partial charge < -0.3 is 15.3 Å². The molecule has 110 valence electrons. The molecule has 6 atom stereocenters. The van der Waals surface area contributed by atoms with Crippen LogP contribution in [-0.2, 0) is 4.79 Å². The fourth-order valence-electron chi connectivity index (χ4n) is 5.21. The van der Waals surface area contributed by atoms with E-state index in [0.29, 0.717) is 19.1 Å². The zero-order valence-corrected chi connectivity index (χ0v) is 11.8. The molecule has 0 radical (unpaired) electrons. The van der Waals surface area contributed by atoms with E-state index in [2.05, 4.69) is 5.32 Å². The molecule has 0 aromatic carbocycles. The number of amides is 2. The van der Waals surface area contributed by atoms with Crippen LogP contribution in [0.4, 0.5) is 4.79 Å². The smallest absolute Gasteiger partial charge is 0.317 e. The SMILES string of the molecule is C[C@@H]1CN(C(=O)NC2C3C4CCC(C4)C23)C[C@H]1C(=O)O. The molecule has 0 aromatic heterocycles. The lowest BCUT2D eigenvalue weighted by molar-refractivity contribution is -0.142. The van der Waals surface area contributed by atoms with Gasteiger partial charge in [-0.2, -0.15) is 0 Å². The molecule has 1 aliphatic heterocycles. The van der Waals surface area contributed by atoms with Gasteiger partial charge in [-0.05, 0) is 48.9 Å². The third-order valence-electron chi connectivity index (χ3n) is 6.24. The molecule has 3 saturated carbocycles. The molecular formula is C15H22N2O3. The molecule has 1 heterocycles. The van der Waals surface area contributed by atoms with Crippen LogP contribution in [0.1, 0.15) is 26.2 Å². The van der Waals surface area contributed by atoms with Gasteiger partial charge >= 0.3 is 12.0 Å². The van der Waals surface area contributed by atoms with Gasteiger partial charge in [0.25, 0.3) is 0 Å². The number of nitrogens with zero attached hydrogens (tertiary/aromatic N) is 1. The Kier molecular flexibility index (Phi) is 2.57. The van der Waals surface area contributed by atoms with Crippen molar-refractivity contribution in [2.75, 3.05) is 13.1 Å². The number of fused-ring (bicyclic) bond motifs is 5. The number of carbonyl (C=O) groups excluding carboxylic acids is 1. The lowest BCUT2D eigenvalue weighted by atomic mass is 9.99. The zero-order valence-electron chi connectivity index (χ0n) is 11.8. The molecule has 4 rings (SSSR count). The first-order valence-corrected chi connectivity index (χ1v) is 7.84. The molecule has 2 bridgehead atoms. The predicted molar refractivity (Wildman–Crippen MR) is 72.0 cm³/mol. The summed E-state index contributed by atoms with van der Waals surface area (Å²) in [5.74, 6) is 2.01. The molecule has 0 aromatic rings. The van der Waals surface area contributed by atoms with Gasteiger partial charge in [0.05, 0.1) is 5.92 Å². The van der Waals surface area contributed by atoms with Crippen molar-refractivity contribution in [1.82, 2.24) is 10.2 Å². The molecule has 2 amide bonds. The Hall–Kier alpha value is -1.26. The van der Waals surface area contributed by atoms with E-state index in [4.69, 9.17) is 5.11 Å². The molecule has 1 saturated heterocycles. The Bertz CT molecular complexity index is 450. The van der Waals surface area contributed by atoms with Gasteiger partial charge in [0, 0.05) is 19.1 Å². The normalized spacial score (nSPS) is 48.2. The standard InChI is InChI=1S/C15H22N2O3/c1-7-5-17(6-10(7)14(18)19)15(20)16-13-11-8-2-3-9(4-8)12(11)13/h7-13H,2-6H2,1H3,(H,16,20)(H,18,19)/t7-,8?,9?,10-,11?,12?,13?/m1/s1. The minimum absolute atomic E-state index is 0.0422. The summed E-state index contributed by atoms with van der Waals surface area (Å²) in [6, 6.07) is 0.340. The van der Waals surface area contributed by atoms with Gasteiger partial charge in [-0.1, -0.05) is 6.92 Å². The van der Waals surface area contributed by atoms with Gasteiger partial charge in [-0.3, -0.25) is 4.79 Å². The number of carbonyl (C=O) groups is 2. The Morgan fingerprint density at radius 3 is 2.35 bits per heavy atom. The first kappa shape index (κ1) is 12.5. The van der Waals surface area contributed by atoms with E-state index < -0.39 is 11.9 Å². The minimum Gasteiger partial charge on any atom is -0.481 e. The van der Waals surface area contributed by atoms with Crippen molar-refractivity contribution < 1.29 is 14.7 Å². The van der Waals surface area contributed by atoms with Gasteiger partial charge in [0.15, 0.2) is 0 Å². The largest absolute Gasteiger partial charge is 0.481 e. The quantitative estimate of drug-likeness (QED) is 0.802. The number of hydrogen-bond acceptors (Lipinski definition) is 2. The van der Waals surface area contributed by atoms with Crippen LogP contribution in [0.2, 0.25) is 0 Å². The summed E-state index contributed by atoms with van der Waals surface area (Å²) in [4.78, 5) is 25.1. The summed E-state index contributed by atoms with van der Waals surface area (Å²) >= 11 is 0. The van der Waals surface area contributed by atoms with Crippen molar-refractivity contribution in [3.05, 3.63) is 0 Å². The van der Waals surface area contributed by atoms with E-state index in [-0.39, 0.29) is 11.9 Å². The van der Waals surface area contributed by atoms with Crippen molar-refractivity contribution in [3.63, 3.8) is 0 Å². The predicted octanol–water partition coefficient (Wildman–Crippen LogP) is 1.39. The Morgan fingerprint density at radius 1 is 1.15 bits per heavy atom. The van der Waals surface area contributed by atoms with Crippen molar-refractivity contribution >= 4 is 12.0 Å². The van der Waals surface area contributed by atoms with Crippen molar-refractivity contribution in [2.45, 2.75) is 32.2 Å². The highest BCUT2D eigenvalue weighted by atomic mass is 16.4. The van der Waals surface area contributed by atoms with E-state index >= 15 is 0 Å². The molecule has 4 fully saturated rings. The first-order valence-electron chi connectivity index (χ1n) is 7.84. The number of aliphatic carboxylic acids is 1. The number of carboxylic acids is 1. The number of hydrogen-bond donors (Lipinski definition) is 2. The van der Waals surface area contributed by atoms with Crippen LogP contribution in [0.5, 0.6) is 0 Å². The van der Waals surface area contributed by atoms with Gasteiger partial charge in [0.1, 0.15) is 0 Å². The van der Waals surface area contributed by atoms with Gasteiger partial charge in [-0.15, -0.1) is 0 Å². The molecule has 3 aliphatic carbocycles. The fraction of sp³-hybridized carbons (Fsp3) is 0.867. The molecule has 0 spiro atoms. The molecule has 2 N–H and O–H groups in total. The fourth-order valence-corrected chi connectivity index (χ4v) is 5.21. The van der Waals surface area contributed by atoms with Crippen LogP contribution < -0.4 is 5.32 Å². The topological polar surface area (TPSA) is 69.6 Å². The van der Waals surface area contributed by atoms with Gasteiger partial charge in [-0.25, -0.2) is 4.79 Å². The van der Waals surface area contributed by atoms with E-state index in [1.807, 2.05) is 6.92 Å². The highest BCUT2D eigenvalue weighted by molar-refractivity contribution is 5.78. The number of nitrogens with one attached hydrogen (secondary N) is 1. The molecule has 5 heteroatoms. The monoisotopic (exact) mass is 278 g/mol. The maximum Gasteiger partial charge on any atom is 0.317 e. The van der Waals surface area contributed by atoms with Gasteiger partial charge in [0.2, 0.25) is 0 Å². The second-order valence-corrected chi connectivity index (χ2v) is 7.29. The maximum atomic E-state index is 12.3. The minimum atomic E-state index is -0.783. The van der Waals surface area contributed by atoms with Crippen molar-refractivity contribution in [3.8, 4) is 0 Å². The second kappa shape index (κ2) is 4.12. The Balaban J connectivity index is 1.35. The second-order valence-electron chi connectivity index (χ2n) is 7.29. The number of rotatable bonds is 2. The van der Waals surface area contributed by atoms with Crippen LogP contribution in [0.25, 0.3) is 0 Å². The lowest BCUT2D eigenvalue weighted by Gasteiger charge is -2.18. The highest BCUT2D eigenvalue weighted by Crippen LogP contribution is 2.65. The van der Waals surface area contributed by atoms with Crippen LogP contribution >= 0.6 is 0 Å². The van der Waals surface area contributed by atoms with Crippen LogP contribution in [0.3, 0.4) is 0 Å². The first-order chi connectivity index (χ1) is 9.56. The molecule has 4 unspecified atom stereocenters. The third-order valence-corrected chi connectivity index (χ3v) is 6.24. The number of likely N-dealkylation sites (tertiary alicyclic amines) is 1. The summed E-state index contributed by atoms with van der Waals surface area (Å²) in [5, 5.41) is 12.3. The van der Waals surface area contributed by atoms with Crippen molar-refractivity contribution in [2.24, 2.45) is 35.5 Å². The summed E-state index contributed by atoms with van der Waals surface area (Å²) in [5.41, 5.74) is 0. The average Bonchev–Trinajstić information content (AvgIpc) is 2.81. The summed E-state index contributed by atoms with van der Waals surface area (Å²) < 4.78 is 0. The van der Waals surface area contributed by atoms with E-state index in [1.54, 1.807) is 4.90 Å².